The van der Waals surface area contributed by atoms with Crippen LogP contribution in [0.15, 0.2) is 43.1 Å². The molecule has 0 unspecified atom stereocenters. The molecule has 0 fully saturated rings. The van der Waals surface area contributed by atoms with Gasteiger partial charge in [0.1, 0.15) is 12.4 Å². The summed E-state index contributed by atoms with van der Waals surface area (Å²) in [6, 6.07) is 8.23. The zero-order valence-electron chi connectivity index (χ0n) is 12.3. The van der Waals surface area contributed by atoms with E-state index in [4.69, 9.17) is 5.11 Å². The van der Waals surface area contributed by atoms with Gasteiger partial charge in [-0.15, -0.1) is 0 Å². The van der Waals surface area contributed by atoms with Crippen LogP contribution in [0, 0.1) is 5.82 Å². The first-order chi connectivity index (χ1) is 10.5. The lowest BCUT2D eigenvalue weighted by atomic mass is 10.0. The van der Waals surface area contributed by atoms with Gasteiger partial charge in [-0.25, -0.2) is 4.39 Å². The molecule has 114 valence electrons. The summed E-state index contributed by atoms with van der Waals surface area (Å²) in [7, 11) is 0. The van der Waals surface area contributed by atoms with E-state index in [1.807, 2.05) is 19.1 Å². The van der Waals surface area contributed by atoms with Gasteiger partial charge in [-0.3, -0.25) is 9.78 Å². The van der Waals surface area contributed by atoms with E-state index in [0.29, 0.717) is 17.8 Å². The number of aliphatic carboxylic acids is 1. The summed E-state index contributed by atoms with van der Waals surface area (Å²) < 4.78 is 13.3. The van der Waals surface area contributed by atoms with Crippen LogP contribution in [-0.4, -0.2) is 22.6 Å². The van der Waals surface area contributed by atoms with Gasteiger partial charge in [0.2, 0.25) is 0 Å². The zero-order chi connectivity index (χ0) is 16.1. The number of halogens is 1. The maximum absolute atomic E-state index is 13.3. The van der Waals surface area contributed by atoms with Crippen LogP contribution < -0.4 is 5.32 Å². The van der Waals surface area contributed by atoms with Gasteiger partial charge in [-0.2, -0.15) is 0 Å². The highest BCUT2D eigenvalue weighted by Gasteiger charge is 2.10. The number of carboxylic acids is 1. The van der Waals surface area contributed by atoms with Gasteiger partial charge < -0.3 is 10.4 Å². The van der Waals surface area contributed by atoms with Crippen molar-refractivity contribution in [1.29, 1.82) is 0 Å². The second kappa shape index (κ2) is 6.85. The summed E-state index contributed by atoms with van der Waals surface area (Å²) >= 11 is 0. The summed E-state index contributed by atoms with van der Waals surface area (Å²) in [6.45, 7) is 5.58. The zero-order valence-corrected chi connectivity index (χ0v) is 12.3. The Morgan fingerprint density at radius 1 is 1.36 bits per heavy atom. The number of aryl methyl sites for hydroxylation is 1. The normalized spacial score (nSPS) is 10.3. The lowest BCUT2D eigenvalue weighted by Gasteiger charge is -2.13. The minimum Gasteiger partial charge on any atom is -0.480 e. The van der Waals surface area contributed by atoms with Crippen LogP contribution in [0.4, 0.5) is 4.39 Å². The number of hydrogen-bond acceptors (Lipinski definition) is 3. The molecule has 0 amide bonds. The molecule has 1 heterocycles. The summed E-state index contributed by atoms with van der Waals surface area (Å²) in [5.74, 6) is -1.26. The van der Waals surface area contributed by atoms with Crippen molar-refractivity contribution in [3.8, 4) is 11.1 Å². The predicted molar refractivity (Wildman–Crippen MR) is 83.7 cm³/mol. The lowest BCUT2D eigenvalue weighted by molar-refractivity contribution is -0.135. The van der Waals surface area contributed by atoms with E-state index >= 15 is 0 Å². The van der Waals surface area contributed by atoms with Crippen LogP contribution in [0.5, 0.6) is 0 Å². The van der Waals surface area contributed by atoms with Gasteiger partial charge in [0.15, 0.2) is 0 Å². The van der Waals surface area contributed by atoms with E-state index in [1.165, 1.54) is 12.1 Å². The van der Waals surface area contributed by atoms with Gasteiger partial charge in [0.25, 0.3) is 0 Å². The second-order valence-electron chi connectivity index (χ2n) is 4.82. The first-order valence-electron chi connectivity index (χ1n) is 6.91. The van der Waals surface area contributed by atoms with Crippen LogP contribution in [0.2, 0.25) is 0 Å². The van der Waals surface area contributed by atoms with Crippen LogP contribution >= 0.6 is 0 Å². The summed E-state index contributed by atoms with van der Waals surface area (Å²) in [4.78, 5) is 15.0. The lowest BCUT2D eigenvalue weighted by Crippen LogP contribution is -2.21. The van der Waals surface area contributed by atoms with Crippen LogP contribution in [0.3, 0.4) is 0 Å². The number of hydrogen-bond donors (Lipinski definition) is 2. The third-order valence-electron chi connectivity index (χ3n) is 3.24. The highest BCUT2D eigenvalue weighted by Crippen LogP contribution is 2.24. The second-order valence-corrected chi connectivity index (χ2v) is 4.82. The van der Waals surface area contributed by atoms with Crippen molar-refractivity contribution in [2.75, 3.05) is 6.54 Å². The molecule has 4 nitrogen and oxygen atoms in total. The minimum absolute atomic E-state index is 0.213. The molecule has 22 heavy (non-hydrogen) atoms. The monoisotopic (exact) mass is 300 g/mol. The van der Waals surface area contributed by atoms with E-state index < -0.39 is 5.97 Å². The molecular weight excluding hydrogens is 283 g/mol. The standard InChI is InChI=1S/C17H17FN2O2/c1-3-12-7-14(13-5-4-6-15(18)8-13)9-20-17(12)11(2)19-10-16(21)22/h4-9,19H,2-3,10H2,1H3,(H,21,22). The molecule has 1 aromatic carbocycles. The molecule has 0 aliphatic heterocycles. The Labute approximate surface area is 128 Å². The topological polar surface area (TPSA) is 62.2 Å². The van der Waals surface area contributed by atoms with Crippen LogP contribution in [0.1, 0.15) is 18.2 Å². The fourth-order valence-electron chi connectivity index (χ4n) is 2.14. The van der Waals surface area contributed by atoms with Gasteiger partial charge in [-0.05, 0) is 35.7 Å². The van der Waals surface area contributed by atoms with Crippen molar-refractivity contribution in [3.63, 3.8) is 0 Å². The maximum atomic E-state index is 13.3. The van der Waals surface area contributed by atoms with E-state index in [-0.39, 0.29) is 12.4 Å². The predicted octanol–water partition coefficient (Wildman–Crippen LogP) is 3.10. The van der Waals surface area contributed by atoms with Crippen LogP contribution in [-0.2, 0) is 11.2 Å². The third kappa shape index (κ3) is 3.69. The average Bonchev–Trinajstić information content (AvgIpc) is 2.52. The summed E-state index contributed by atoms with van der Waals surface area (Å²) in [5.41, 5.74) is 3.57. The highest BCUT2D eigenvalue weighted by atomic mass is 19.1. The molecule has 2 N–H and O–H groups in total. The molecule has 0 saturated heterocycles. The number of carboxylic acid groups (broad SMARTS) is 1. The largest absolute Gasteiger partial charge is 0.480 e. The Kier molecular flexibility index (Phi) is 4.88. The van der Waals surface area contributed by atoms with E-state index in [1.54, 1.807) is 12.3 Å². The molecule has 0 atom stereocenters. The molecular formula is C17H17FN2O2. The smallest absolute Gasteiger partial charge is 0.322 e. The van der Waals surface area contributed by atoms with E-state index in [2.05, 4.69) is 16.9 Å². The van der Waals surface area contributed by atoms with Crippen molar-refractivity contribution < 1.29 is 14.3 Å². The number of nitrogens with one attached hydrogen (secondary N) is 1. The number of carbonyl (C=O) groups is 1. The van der Waals surface area contributed by atoms with Gasteiger partial charge in [0, 0.05) is 11.8 Å². The molecule has 1 aromatic heterocycles. The first kappa shape index (κ1) is 15.7. The Hall–Kier alpha value is -2.69. The molecule has 0 aliphatic carbocycles. The molecule has 0 spiro atoms. The average molecular weight is 300 g/mol. The van der Waals surface area contributed by atoms with Crippen molar-refractivity contribution in [2.45, 2.75) is 13.3 Å². The first-order valence-corrected chi connectivity index (χ1v) is 6.91. The van der Waals surface area contributed by atoms with Crippen molar-refractivity contribution in [2.24, 2.45) is 0 Å². The Morgan fingerprint density at radius 2 is 2.14 bits per heavy atom. The number of aromatic nitrogens is 1. The highest BCUT2D eigenvalue weighted by molar-refractivity contribution is 5.73. The molecule has 0 radical (unpaired) electrons. The Bertz CT molecular complexity index is 714. The molecule has 5 heteroatoms. The van der Waals surface area contributed by atoms with Gasteiger partial charge in [-0.1, -0.05) is 25.6 Å². The maximum Gasteiger partial charge on any atom is 0.322 e. The van der Waals surface area contributed by atoms with Crippen LogP contribution in [0.25, 0.3) is 16.8 Å². The Balaban J connectivity index is 2.31. The van der Waals surface area contributed by atoms with Crippen molar-refractivity contribution in [1.82, 2.24) is 10.3 Å². The third-order valence-corrected chi connectivity index (χ3v) is 3.24. The van der Waals surface area contributed by atoms with Crippen molar-refractivity contribution in [3.05, 3.63) is 60.2 Å². The molecule has 0 aliphatic rings. The fraction of sp³-hybridized carbons (Fsp3) is 0.176. The molecule has 0 bridgehead atoms. The summed E-state index contributed by atoms with van der Waals surface area (Å²) in [5, 5.41) is 11.4. The molecule has 2 rings (SSSR count). The molecule has 2 aromatic rings. The minimum atomic E-state index is -0.962. The number of rotatable bonds is 6. The SMILES string of the molecule is C=C(NCC(=O)O)c1ncc(-c2cccc(F)c2)cc1CC. The Morgan fingerprint density at radius 3 is 2.77 bits per heavy atom. The number of nitrogens with zero attached hydrogens (tertiary/aromatic N) is 1. The summed E-state index contributed by atoms with van der Waals surface area (Å²) in [6.07, 6.45) is 2.34. The fourth-order valence-corrected chi connectivity index (χ4v) is 2.14. The van der Waals surface area contributed by atoms with E-state index in [9.17, 15) is 9.18 Å². The number of benzene rings is 1. The quantitative estimate of drug-likeness (QED) is 0.860. The van der Waals surface area contributed by atoms with Gasteiger partial charge >= 0.3 is 5.97 Å². The van der Waals surface area contributed by atoms with Crippen molar-refractivity contribution >= 4 is 11.7 Å². The number of pyridine rings is 1. The van der Waals surface area contributed by atoms with E-state index in [0.717, 1.165) is 16.7 Å². The molecule has 0 saturated carbocycles. The van der Waals surface area contributed by atoms with Gasteiger partial charge in [0.05, 0.1) is 11.4 Å².